The molecule has 0 unspecified atom stereocenters. The van der Waals surface area contributed by atoms with Crippen LogP contribution in [0.4, 0.5) is 0 Å². The number of hydrogen-bond acceptors (Lipinski definition) is 12. The molecule has 14 nitrogen and oxygen atoms in total. The van der Waals surface area contributed by atoms with Gasteiger partial charge in [0.1, 0.15) is 11.5 Å². The molecule has 0 amide bonds. The van der Waals surface area contributed by atoms with Crippen molar-refractivity contribution in [2.24, 2.45) is 9.98 Å². The fourth-order valence-electron chi connectivity index (χ4n) is 2.03. The predicted octanol–water partition coefficient (Wildman–Crippen LogP) is 0.528. The van der Waals surface area contributed by atoms with Crippen molar-refractivity contribution in [2.75, 3.05) is 27.3 Å². The molecule has 0 saturated heterocycles. The molecule has 0 atom stereocenters. The summed E-state index contributed by atoms with van der Waals surface area (Å²) < 4.78 is 9.94. The van der Waals surface area contributed by atoms with Gasteiger partial charge in [0, 0.05) is 12.4 Å². The Hall–Kier alpha value is -3.33. The van der Waals surface area contributed by atoms with Crippen LogP contribution in [0.3, 0.4) is 0 Å². The second kappa shape index (κ2) is 20.3. The molecule has 0 aliphatic carbocycles. The van der Waals surface area contributed by atoms with Gasteiger partial charge in [-0.2, -0.15) is 0 Å². The van der Waals surface area contributed by atoms with E-state index in [0.29, 0.717) is 24.2 Å². The Labute approximate surface area is 220 Å². The van der Waals surface area contributed by atoms with E-state index in [4.69, 9.17) is 40.1 Å². The number of aliphatic imine (C=N–C) groups is 2. The van der Waals surface area contributed by atoms with Crippen molar-refractivity contribution in [1.82, 2.24) is 0 Å². The second-order valence-electron chi connectivity index (χ2n) is 5.28. The first-order valence-electron chi connectivity index (χ1n) is 8.44. The maximum Gasteiger partial charge on any atom is 2.00 e. The summed E-state index contributed by atoms with van der Waals surface area (Å²) in [6, 6.07) is 10.0. The number of rotatable bonds is 7. The van der Waals surface area contributed by atoms with Crippen molar-refractivity contribution in [1.29, 1.82) is 0 Å². The Bertz CT molecular complexity index is 863. The van der Waals surface area contributed by atoms with Crippen LogP contribution in [0.5, 0.6) is 23.0 Å². The molecule has 2 aromatic rings. The molecule has 0 aliphatic rings. The van der Waals surface area contributed by atoms with Crippen molar-refractivity contribution in [3.05, 3.63) is 78.2 Å². The van der Waals surface area contributed by atoms with Gasteiger partial charge in [0.2, 0.25) is 0 Å². The van der Waals surface area contributed by atoms with E-state index in [1.165, 1.54) is 26.6 Å². The number of para-hydroxylation sites is 2. The summed E-state index contributed by atoms with van der Waals surface area (Å²) in [6.07, 6.45) is 3.01. The summed E-state index contributed by atoms with van der Waals surface area (Å²) in [5.41, 5.74) is 0.931. The number of hydrogen-bond donors (Lipinski definition) is 0. The first kappa shape index (κ1) is 35.3. The van der Waals surface area contributed by atoms with Gasteiger partial charge in [-0.15, -0.1) is 0 Å². The van der Waals surface area contributed by atoms with Crippen LogP contribution in [0, 0.1) is 30.6 Å². The monoisotopic (exact) mass is 537 g/mol. The van der Waals surface area contributed by atoms with E-state index in [1.54, 1.807) is 36.4 Å². The molecule has 0 aromatic heterocycles. The number of methoxy groups -OCH3 is 2. The Balaban J connectivity index is -0.000000837. The van der Waals surface area contributed by atoms with Gasteiger partial charge in [-0.05, 0) is 23.3 Å². The van der Waals surface area contributed by atoms with Crippen molar-refractivity contribution in [2.45, 2.75) is 0 Å². The largest absolute Gasteiger partial charge is 2.00 e. The van der Waals surface area contributed by atoms with Gasteiger partial charge in [-0.3, -0.25) is 9.98 Å². The molecule has 0 bridgehead atoms. The van der Waals surface area contributed by atoms with Crippen LogP contribution < -0.4 is 19.7 Å². The minimum absolute atomic E-state index is 0. The van der Waals surface area contributed by atoms with Crippen LogP contribution in [0.1, 0.15) is 11.1 Å². The summed E-state index contributed by atoms with van der Waals surface area (Å²) in [7, 11) is 2.91. The smallest absolute Gasteiger partial charge is 0.870 e. The maximum absolute atomic E-state index is 11.9. The topological polar surface area (TPSA) is 222 Å². The van der Waals surface area contributed by atoms with Gasteiger partial charge in [0.15, 0.2) is 0 Å². The third-order valence-corrected chi connectivity index (χ3v) is 3.28. The molecule has 0 N–H and O–H groups in total. The van der Waals surface area contributed by atoms with E-state index in [-0.39, 0.29) is 63.1 Å². The second-order valence-corrected chi connectivity index (χ2v) is 5.28. The summed E-state index contributed by atoms with van der Waals surface area (Å²) in [4.78, 5) is 24.8. The average molecular weight is 538 g/mol. The number of ether oxygens (including phenoxy) is 2. The zero-order valence-corrected chi connectivity index (χ0v) is 20.3. The van der Waals surface area contributed by atoms with Gasteiger partial charge < -0.3 is 50.3 Å². The molecule has 2 rings (SSSR count). The van der Waals surface area contributed by atoms with E-state index in [1.807, 2.05) is 0 Å². The summed E-state index contributed by atoms with van der Waals surface area (Å²) >= 11 is 0. The van der Waals surface area contributed by atoms with Gasteiger partial charge in [0.05, 0.1) is 37.5 Å². The first-order chi connectivity index (χ1) is 15.1. The van der Waals surface area contributed by atoms with Gasteiger partial charge >= 0.3 is 40.1 Å². The molecule has 2 aromatic carbocycles. The van der Waals surface area contributed by atoms with Crippen LogP contribution in [0.2, 0.25) is 0 Å². The Morgan fingerprint density at radius 2 is 1.06 bits per heavy atom. The minimum Gasteiger partial charge on any atom is -0.870 e. The molecule has 34 heavy (non-hydrogen) atoms. The molecule has 183 valence electrons. The van der Waals surface area contributed by atoms with Crippen molar-refractivity contribution < 1.29 is 46.9 Å². The summed E-state index contributed by atoms with van der Waals surface area (Å²) in [5, 5.41) is 53.3. The Morgan fingerprint density at radius 3 is 1.32 bits per heavy atom. The van der Waals surface area contributed by atoms with E-state index < -0.39 is 10.2 Å². The van der Waals surface area contributed by atoms with E-state index >= 15 is 0 Å². The first-order valence-corrected chi connectivity index (χ1v) is 8.44. The third kappa shape index (κ3) is 15.5. The number of benzene rings is 2. The van der Waals surface area contributed by atoms with Crippen LogP contribution in [-0.4, -0.2) is 73.0 Å². The maximum atomic E-state index is 11.9. The van der Waals surface area contributed by atoms with E-state index in [9.17, 15) is 10.2 Å². The molecule has 0 fully saturated rings. The Kier molecular flexibility index (Phi) is 21.0. The van der Waals surface area contributed by atoms with Crippen LogP contribution in [-0.2, 0) is 17.1 Å². The normalized spacial score (nSPS) is 9.35. The average Bonchev–Trinajstić information content (AvgIpc) is 2.72. The molecule has 0 heterocycles. The standard InChI is InChI=1S/C18H20N2O4.Cu.Mg.2NO3/c1-23-15-7-3-5-13(17(15)21)11-19-9-10-20-12-14-6-4-8-16(24-2)18(14)22;;;2*2-1(3)4/h3-8,11-12,21-22H,9-10H2,1-2H3;;;;/q;2*+2;2*-1/p-2. The molecule has 0 saturated carbocycles. The molecule has 0 aliphatic heterocycles. The molecule has 16 heteroatoms. The Morgan fingerprint density at radius 1 is 0.765 bits per heavy atom. The fourth-order valence-corrected chi connectivity index (χ4v) is 2.03. The molecule has 0 spiro atoms. The third-order valence-electron chi connectivity index (χ3n) is 3.28. The molecular weight excluding hydrogens is 520 g/mol. The predicted molar refractivity (Wildman–Crippen MR) is 116 cm³/mol. The van der Waals surface area contributed by atoms with Crippen LogP contribution >= 0.6 is 0 Å². The summed E-state index contributed by atoms with van der Waals surface area (Å²) in [6.45, 7) is 0.816. The SMILES string of the molecule is COc1cccc(C=NCCN=Cc2cccc(OC)c2[O-])c1[O-].O=[N+]([O-])[O-].O=[N+]([O-])[O-].[Cu+2].[Mg+2]. The van der Waals surface area contributed by atoms with Gasteiger partial charge in [-0.25, -0.2) is 0 Å². The van der Waals surface area contributed by atoms with Crippen molar-refractivity contribution in [3.63, 3.8) is 0 Å². The zero-order chi connectivity index (χ0) is 24.5. The number of nitrogens with zero attached hydrogens (tertiary/aromatic N) is 4. The van der Waals surface area contributed by atoms with Crippen molar-refractivity contribution in [3.8, 4) is 23.0 Å². The zero-order valence-electron chi connectivity index (χ0n) is 17.9. The van der Waals surface area contributed by atoms with Crippen LogP contribution in [0.15, 0.2) is 46.4 Å². The summed E-state index contributed by atoms with van der Waals surface area (Å²) in [5.74, 6) is 0.190. The molecular formula is C18H18CuMgN4O10. The van der Waals surface area contributed by atoms with Crippen molar-refractivity contribution >= 4 is 35.5 Å². The quantitative estimate of drug-likeness (QED) is 0.156. The van der Waals surface area contributed by atoms with Crippen LogP contribution in [0.25, 0.3) is 0 Å². The van der Waals surface area contributed by atoms with E-state index in [2.05, 4.69) is 9.98 Å². The van der Waals surface area contributed by atoms with Gasteiger partial charge in [0.25, 0.3) is 0 Å². The molecule has 1 radical (unpaired) electrons. The minimum atomic E-state index is -1.75. The van der Waals surface area contributed by atoms with Gasteiger partial charge in [-0.1, -0.05) is 35.8 Å². The fraction of sp³-hybridized carbons (Fsp3) is 0.222. The van der Waals surface area contributed by atoms with E-state index in [0.717, 1.165) is 0 Å².